The average Bonchev–Trinajstić information content (AvgIpc) is 2.90. The van der Waals surface area contributed by atoms with Crippen molar-refractivity contribution >= 4 is 31.4 Å². The van der Waals surface area contributed by atoms with E-state index in [0.29, 0.717) is 24.3 Å². The van der Waals surface area contributed by atoms with Crippen molar-refractivity contribution in [1.29, 1.82) is 0 Å². The summed E-state index contributed by atoms with van der Waals surface area (Å²) in [5, 5.41) is 0. The molecule has 1 heterocycles. The predicted molar refractivity (Wildman–Crippen MR) is 98.9 cm³/mol. The van der Waals surface area contributed by atoms with Crippen LogP contribution in [0.3, 0.4) is 0 Å². The molecule has 0 bridgehead atoms. The Hall–Kier alpha value is -2.06. The van der Waals surface area contributed by atoms with Crippen LogP contribution in [0.5, 0.6) is 0 Å². The molecule has 8 heteroatoms. The molecule has 0 unspecified atom stereocenters. The summed E-state index contributed by atoms with van der Waals surface area (Å²) < 4.78 is 53.5. The fourth-order valence-corrected chi connectivity index (χ4v) is 5.69. The van der Waals surface area contributed by atoms with Crippen molar-refractivity contribution in [1.82, 2.24) is 0 Å². The third-order valence-corrected chi connectivity index (χ3v) is 7.45. The van der Waals surface area contributed by atoms with E-state index in [0.717, 1.165) is 11.1 Å². The van der Waals surface area contributed by atoms with Crippen LogP contribution in [0, 0.1) is 13.8 Å². The first kappa shape index (κ1) is 17.8. The Balaban J connectivity index is 2.02. The van der Waals surface area contributed by atoms with Gasteiger partial charge in [-0.3, -0.25) is 9.03 Å². The number of hydrogen-bond donors (Lipinski definition) is 1. The maximum Gasteiger partial charge on any atom is 0.261 e. The Labute approximate surface area is 148 Å². The van der Waals surface area contributed by atoms with E-state index in [1.807, 2.05) is 6.92 Å². The van der Waals surface area contributed by atoms with Gasteiger partial charge in [-0.25, -0.2) is 16.8 Å². The van der Waals surface area contributed by atoms with Crippen molar-refractivity contribution < 1.29 is 16.8 Å². The van der Waals surface area contributed by atoms with Crippen molar-refractivity contribution in [2.24, 2.45) is 0 Å². The number of sulfonamides is 2. The van der Waals surface area contributed by atoms with Gasteiger partial charge >= 0.3 is 0 Å². The average molecular weight is 380 g/mol. The molecule has 0 aromatic heterocycles. The van der Waals surface area contributed by atoms with Gasteiger partial charge in [0.05, 0.1) is 22.0 Å². The van der Waals surface area contributed by atoms with Crippen molar-refractivity contribution in [3.05, 3.63) is 53.6 Å². The first-order valence-corrected chi connectivity index (χ1v) is 11.0. The molecule has 1 aliphatic heterocycles. The molecular weight excluding hydrogens is 360 g/mol. The molecule has 6 nitrogen and oxygen atoms in total. The molecule has 1 N–H and O–H groups in total. The summed E-state index contributed by atoms with van der Waals surface area (Å²) in [6.45, 7) is 4.03. The van der Waals surface area contributed by atoms with E-state index in [4.69, 9.17) is 0 Å². The minimum atomic E-state index is -3.74. The Morgan fingerprint density at radius 1 is 1.04 bits per heavy atom. The molecule has 1 saturated heterocycles. The number of hydrogen-bond acceptors (Lipinski definition) is 4. The molecule has 0 aliphatic carbocycles. The third kappa shape index (κ3) is 3.50. The van der Waals surface area contributed by atoms with E-state index in [2.05, 4.69) is 4.72 Å². The summed E-state index contributed by atoms with van der Waals surface area (Å²) in [5.41, 5.74) is 2.43. The molecule has 1 fully saturated rings. The lowest BCUT2D eigenvalue weighted by molar-refractivity contribution is 0.598. The SMILES string of the molecule is Cc1cc(C)c(N2CCCS2(=O)=O)cc1NS(=O)(=O)c1ccccc1. The zero-order chi connectivity index (χ0) is 18.2. The fourth-order valence-electron chi connectivity index (χ4n) is 2.93. The van der Waals surface area contributed by atoms with Gasteiger partial charge in [-0.05, 0) is 49.6 Å². The number of nitrogens with zero attached hydrogens (tertiary/aromatic N) is 1. The van der Waals surface area contributed by atoms with Gasteiger partial charge in [-0.2, -0.15) is 0 Å². The highest BCUT2D eigenvalue weighted by atomic mass is 32.2. The standard InChI is InChI=1S/C17H20N2O4S2/c1-13-11-14(2)17(19-9-6-10-24(19,20)21)12-16(13)18-25(22,23)15-7-4-3-5-8-15/h3-5,7-8,11-12,18H,6,9-10H2,1-2H3. The monoisotopic (exact) mass is 380 g/mol. The summed E-state index contributed by atoms with van der Waals surface area (Å²) in [4.78, 5) is 0.158. The Morgan fingerprint density at radius 3 is 2.32 bits per heavy atom. The predicted octanol–water partition coefficient (Wildman–Crippen LogP) is 2.64. The molecule has 2 aromatic carbocycles. The van der Waals surface area contributed by atoms with E-state index in [1.165, 1.54) is 16.4 Å². The summed E-state index contributed by atoms with van der Waals surface area (Å²) >= 11 is 0. The second-order valence-corrected chi connectivity index (χ2v) is 9.81. The molecule has 134 valence electrons. The van der Waals surface area contributed by atoms with Gasteiger partial charge in [0.2, 0.25) is 10.0 Å². The van der Waals surface area contributed by atoms with Crippen LogP contribution in [0.1, 0.15) is 17.5 Å². The van der Waals surface area contributed by atoms with Crippen LogP contribution in [0.2, 0.25) is 0 Å². The molecule has 0 atom stereocenters. The Morgan fingerprint density at radius 2 is 1.72 bits per heavy atom. The fraction of sp³-hybridized carbons (Fsp3) is 0.294. The highest BCUT2D eigenvalue weighted by Gasteiger charge is 2.30. The van der Waals surface area contributed by atoms with Crippen LogP contribution in [-0.2, 0) is 20.0 Å². The van der Waals surface area contributed by atoms with Crippen LogP contribution in [0.15, 0.2) is 47.4 Å². The van der Waals surface area contributed by atoms with Crippen LogP contribution >= 0.6 is 0 Å². The van der Waals surface area contributed by atoms with E-state index in [9.17, 15) is 16.8 Å². The minimum Gasteiger partial charge on any atom is -0.279 e. The zero-order valence-electron chi connectivity index (χ0n) is 14.1. The van der Waals surface area contributed by atoms with Gasteiger partial charge in [-0.1, -0.05) is 24.3 Å². The van der Waals surface area contributed by atoms with Gasteiger partial charge in [0.25, 0.3) is 10.0 Å². The highest BCUT2D eigenvalue weighted by Crippen LogP contribution is 2.33. The normalized spacial score (nSPS) is 16.8. The number of nitrogens with one attached hydrogen (secondary N) is 1. The second-order valence-electron chi connectivity index (χ2n) is 6.11. The summed E-state index contributed by atoms with van der Waals surface area (Å²) in [7, 11) is -7.07. The molecule has 2 aromatic rings. The maximum atomic E-state index is 12.6. The number of benzene rings is 2. The van der Waals surface area contributed by atoms with Gasteiger partial charge in [0.1, 0.15) is 0 Å². The Kier molecular flexibility index (Phi) is 4.51. The van der Waals surface area contributed by atoms with Crippen LogP contribution in [0.25, 0.3) is 0 Å². The van der Waals surface area contributed by atoms with E-state index in [1.54, 1.807) is 37.3 Å². The summed E-state index contributed by atoms with van der Waals surface area (Å²) in [6.07, 6.45) is 0.570. The minimum absolute atomic E-state index is 0.116. The zero-order valence-corrected chi connectivity index (χ0v) is 15.7. The lowest BCUT2D eigenvalue weighted by atomic mass is 10.1. The molecule has 0 radical (unpaired) electrons. The van der Waals surface area contributed by atoms with Crippen LogP contribution in [-0.4, -0.2) is 29.1 Å². The quantitative estimate of drug-likeness (QED) is 0.884. The van der Waals surface area contributed by atoms with Gasteiger partial charge in [0.15, 0.2) is 0 Å². The third-order valence-electron chi connectivity index (χ3n) is 4.21. The van der Waals surface area contributed by atoms with Gasteiger partial charge in [0, 0.05) is 6.54 Å². The van der Waals surface area contributed by atoms with Crippen LogP contribution < -0.4 is 9.03 Å². The maximum absolute atomic E-state index is 12.6. The van der Waals surface area contributed by atoms with Crippen molar-refractivity contribution in [2.45, 2.75) is 25.2 Å². The number of rotatable bonds is 4. The molecular formula is C17H20N2O4S2. The van der Waals surface area contributed by atoms with E-state index in [-0.39, 0.29) is 10.6 Å². The van der Waals surface area contributed by atoms with Crippen molar-refractivity contribution in [3.8, 4) is 0 Å². The lowest BCUT2D eigenvalue weighted by Crippen LogP contribution is -2.26. The summed E-state index contributed by atoms with van der Waals surface area (Å²) in [6, 6.07) is 11.5. The Bertz CT molecular complexity index is 1000. The summed E-state index contributed by atoms with van der Waals surface area (Å²) in [5.74, 6) is 0.116. The van der Waals surface area contributed by atoms with E-state index < -0.39 is 20.0 Å². The van der Waals surface area contributed by atoms with Crippen molar-refractivity contribution in [2.75, 3.05) is 21.3 Å². The highest BCUT2D eigenvalue weighted by molar-refractivity contribution is 7.93. The molecule has 0 spiro atoms. The van der Waals surface area contributed by atoms with E-state index >= 15 is 0 Å². The molecule has 0 saturated carbocycles. The molecule has 3 rings (SSSR count). The van der Waals surface area contributed by atoms with Gasteiger partial charge < -0.3 is 0 Å². The number of anilines is 2. The first-order chi connectivity index (χ1) is 11.7. The second kappa shape index (κ2) is 6.34. The molecule has 1 aliphatic rings. The van der Waals surface area contributed by atoms with Crippen molar-refractivity contribution in [3.63, 3.8) is 0 Å². The van der Waals surface area contributed by atoms with Crippen LogP contribution in [0.4, 0.5) is 11.4 Å². The number of aryl methyl sites for hydroxylation is 2. The smallest absolute Gasteiger partial charge is 0.261 e. The topological polar surface area (TPSA) is 83.6 Å². The molecule has 0 amide bonds. The largest absolute Gasteiger partial charge is 0.279 e. The lowest BCUT2D eigenvalue weighted by Gasteiger charge is -2.22. The first-order valence-electron chi connectivity index (χ1n) is 7.90. The van der Waals surface area contributed by atoms with Gasteiger partial charge in [-0.15, -0.1) is 0 Å². The molecule has 25 heavy (non-hydrogen) atoms.